The molecule has 0 aliphatic rings. The van der Waals surface area contributed by atoms with Crippen LogP contribution in [0.25, 0.3) is 11.0 Å². The molecule has 0 saturated heterocycles. The number of benzene rings is 1. The summed E-state index contributed by atoms with van der Waals surface area (Å²) in [6.45, 7) is 0. The Morgan fingerprint density at radius 2 is 2.08 bits per heavy atom. The molecule has 2 rings (SSSR count). The topological polar surface area (TPSA) is 17.8 Å². The smallest absolute Gasteiger partial charge is 0.177 e. The minimum Gasteiger partial charge on any atom is -0.322 e. The van der Waals surface area contributed by atoms with Crippen LogP contribution in [-0.2, 0) is 7.05 Å². The number of aryl methyl sites for hydroxylation is 1. The molecule has 2 nitrogen and oxygen atoms in total. The van der Waals surface area contributed by atoms with Crippen LogP contribution in [-0.4, -0.2) is 9.55 Å². The van der Waals surface area contributed by atoms with Gasteiger partial charge in [-0.2, -0.15) is 0 Å². The Morgan fingerprint density at radius 3 is 2.77 bits per heavy atom. The second-order valence-electron chi connectivity index (χ2n) is 2.70. The molecule has 68 valence electrons. The Bertz CT molecular complexity index is 478. The zero-order valence-electron chi connectivity index (χ0n) is 6.68. The molecule has 0 radical (unpaired) electrons. The molecule has 0 fully saturated rings. The molecule has 0 aliphatic heterocycles. The molecule has 2 aromatic rings. The maximum absolute atomic E-state index is 5.97. The largest absolute Gasteiger partial charge is 0.322 e. The van der Waals surface area contributed by atoms with Crippen LogP contribution in [0.15, 0.2) is 16.9 Å². The Hall–Kier alpha value is -0.250. The number of fused-ring (bicyclic) bond motifs is 1. The third-order valence-electron chi connectivity index (χ3n) is 1.85. The standard InChI is InChI=1S/C8H5BrCl2N2/c1-13-6-3-4(10)2-5(11)7(6)12-8(13)9/h2-3H,1H3. The maximum atomic E-state index is 5.97. The molecule has 1 heterocycles. The third-order valence-corrected chi connectivity index (χ3v) is 3.07. The Kier molecular flexibility index (Phi) is 2.26. The number of rotatable bonds is 0. The highest BCUT2D eigenvalue weighted by Crippen LogP contribution is 2.28. The monoisotopic (exact) mass is 278 g/mol. The van der Waals surface area contributed by atoms with Crippen molar-refractivity contribution in [1.82, 2.24) is 9.55 Å². The van der Waals surface area contributed by atoms with Crippen LogP contribution < -0.4 is 0 Å². The Balaban J connectivity index is 2.94. The first-order chi connectivity index (χ1) is 6.09. The molecule has 1 aromatic heterocycles. The molecular weight excluding hydrogens is 275 g/mol. The van der Waals surface area contributed by atoms with Gasteiger partial charge in [0, 0.05) is 12.1 Å². The summed E-state index contributed by atoms with van der Waals surface area (Å²) >= 11 is 15.1. The highest BCUT2D eigenvalue weighted by molar-refractivity contribution is 9.10. The summed E-state index contributed by atoms with van der Waals surface area (Å²) in [6, 6.07) is 3.52. The average molecular weight is 280 g/mol. The van der Waals surface area contributed by atoms with E-state index in [0.29, 0.717) is 10.0 Å². The zero-order chi connectivity index (χ0) is 9.59. The lowest BCUT2D eigenvalue weighted by molar-refractivity contribution is 0.912. The van der Waals surface area contributed by atoms with E-state index >= 15 is 0 Å². The minimum atomic E-state index is 0.573. The fourth-order valence-corrected chi connectivity index (χ4v) is 2.08. The number of nitrogens with zero attached hydrogens (tertiary/aromatic N) is 2. The fourth-order valence-electron chi connectivity index (χ4n) is 1.19. The van der Waals surface area contributed by atoms with E-state index in [1.165, 1.54) is 0 Å². The predicted octanol–water partition coefficient (Wildman–Crippen LogP) is 3.64. The molecule has 0 bridgehead atoms. The number of hydrogen-bond donors (Lipinski definition) is 0. The Labute approximate surface area is 93.6 Å². The van der Waals surface area contributed by atoms with Gasteiger partial charge in [0.25, 0.3) is 0 Å². The molecular formula is C8H5BrCl2N2. The van der Waals surface area contributed by atoms with E-state index in [9.17, 15) is 0 Å². The molecule has 0 atom stereocenters. The lowest BCUT2D eigenvalue weighted by Crippen LogP contribution is -1.86. The summed E-state index contributed by atoms with van der Waals surface area (Å²) in [5.41, 5.74) is 1.69. The van der Waals surface area contributed by atoms with Crippen LogP contribution in [0.1, 0.15) is 0 Å². The lowest BCUT2D eigenvalue weighted by atomic mass is 10.3. The van der Waals surface area contributed by atoms with Crippen LogP contribution >= 0.6 is 39.1 Å². The van der Waals surface area contributed by atoms with Crippen molar-refractivity contribution in [1.29, 1.82) is 0 Å². The molecule has 0 N–H and O–H groups in total. The fraction of sp³-hybridized carbons (Fsp3) is 0.125. The van der Waals surface area contributed by atoms with Gasteiger partial charge < -0.3 is 4.57 Å². The minimum absolute atomic E-state index is 0.573. The molecule has 5 heteroatoms. The second kappa shape index (κ2) is 3.15. The molecule has 0 amide bonds. The summed E-state index contributed by atoms with van der Waals surface area (Å²) in [7, 11) is 1.89. The summed E-state index contributed by atoms with van der Waals surface area (Å²) in [6.07, 6.45) is 0. The molecule has 0 unspecified atom stereocenters. The SMILES string of the molecule is Cn1c(Br)nc2c(Cl)cc(Cl)cc21. The summed E-state index contributed by atoms with van der Waals surface area (Å²) in [4.78, 5) is 4.24. The van der Waals surface area contributed by atoms with Gasteiger partial charge in [-0.1, -0.05) is 23.2 Å². The van der Waals surface area contributed by atoms with Crippen molar-refractivity contribution in [2.24, 2.45) is 7.05 Å². The van der Waals surface area contributed by atoms with Gasteiger partial charge in [0.2, 0.25) is 0 Å². The van der Waals surface area contributed by atoms with E-state index in [-0.39, 0.29) is 0 Å². The number of halogens is 3. The number of hydrogen-bond acceptors (Lipinski definition) is 1. The van der Waals surface area contributed by atoms with Gasteiger partial charge >= 0.3 is 0 Å². The van der Waals surface area contributed by atoms with E-state index in [2.05, 4.69) is 20.9 Å². The molecule has 13 heavy (non-hydrogen) atoms. The first-order valence-corrected chi connectivity index (χ1v) is 5.11. The first-order valence-electron chi connectivity index (χ1n) is 3.56. The quantitative estimate of drug-likeness (QED) is 0.720. The van der Waals surface area contributed by atoms with Crippen molar-refractivity contribution in [3.05, 3.63) is 26.9 Å². The van der Waals surface area contributed by atoms with Gasteiger partial charge in [-0.25, -0.2) is 4.98 Å². The van der Waals surface area contributed by atoms with Crippen LogP contribution in [0, 0.1) is 0 Å². The third kappa shape index (κ3) is 1.45. The van der Waals surface area contributed by atoms with Gasteiger partial charge in [0.1, 0.15) is 5.52 Å². The van der Waals surface area contributed by atoms with Crippen LogP contribution in [0.5, 0.6) is 0 Å². The number of aromatic nitrogens is 2. The van der Waals surface area contributed by atoms with Gasteiger partial charge in [-0.05, 0) is 28.1 Å². The predicted molar refractivity (Wildman–Crippen MR) is 58.4 cm³/mol. The normalized spacial score (nSPS) is 11.1. The van der Waals surface area contributed by atoms with Crippen molar-refractivity contribution in [3.8, 4) is 0 Å². The molecule has 1 aromatic carbocycles. The van der Waals surface area contributed by atoms with Gasteiger partial charge in [0.15, 0.2) is 4.73 Å². The van der Waals surface area contributed by atoms with E-state index in [0.717, 1.165) is 15.8 Å². The van der Waals surface area contributed by atoms with Crippen LogP contribution in [0.3, 0.4) is 0 Å². The van der Waals surface area contributed by atoms with Crippen molar-refractivity contribution in [2.45, 2.75) is 0 Å². The Morgan fingerprint density at radius 1 is 1.38 bits per heavy atom. The van der Waals surface area contributed by atoms with Crippen LogP contribution in [0.2, 0.25) is 10.0 Å². The van der Waals surface area contributed by atoms with Gasteiger partial charge in [-0.3, -0.25) is 0 Å². The maximum Gasteiger partial charge on any atom is 0.177 e. The summed E-state index contributed by atoms with van der Waals surface area (Å²) < 4.78 is 2.62. The van der Waals surface area contributed by atoms with Gasteiger partial charge in [0.05, 0.1) is 10.5 Å². The highest BCUT2D eigenvalue weighted by atomic mass is 79.9. The molecule has 0 saturated carbocycles. The van der Waals surface area contributed by atoms with Crippen molar-refractivity contribution < 1.29 is 0 Å². The summed E-state index contributed by atoms with van der Waals surface area (Å²) in [5, 5.41) is 1.19. The van der Waals surface area contributed by atoms with Gasteiger partial charge in [-0.15, -0.1) is 0 Å². The van der Waals surface area contributed by atoms with Crippen molar-refractivity contribution in [3.63, 3.8) is 0 Å². The zero-order valence-corrected chi connectivity index (χ0v) is 9.78. The van der Waals surface area contributed by atoms with Crippen molar-refractivity contribution >= 4 is 50.2 Å². The van der Waals surface area contributed by atoms with E-state index in [4.69, 9.17) is 23.2 Å². The molecule has 0 spiro atoms. The summed E-state index contributed by atoms with van der Waals surface area (Å²) in [5.74, 6) is 0. The number of imidazole rings is 1. The molecule has 0 aliphatic carbocycles. The van der Waals surface area contributed by atoms with E-state index in [1.807, 2.05) is 17.7 Å². The second-order valence-corrected chi connectivity index (χ2v) is 4.25. The average Bonchev–Trinajstić information content (AvgIpc) is 2.32. The first kappa shape index (κ1) is 9.31. The van der Waals surface area contributed by atoms with E-state index in [1.54, 1.807) is 6.07 Å². The lowest BCUT2D eigenvalue weighted by Gasteiger charge is -1.97. The highest BCUT2D eigenvalue weighted by Gasteiger charge is 2.09. The van der Waals surface area contributed by atoms with Crippen molar-refractivity contribution in [2.75, 3.05) is 0 Å². The van der Waals surface area contributed by atoms with Crippen LogP contribution in [0.4, 0.5) is 0 Å². The van der Waals surface area contributed by atoms with E-state index < -0.39 is 0 Å².